The molecule has 0 bridgehead atoms. The number of nitro groups is 1. The van der Waals surface area contributed by atoms with Crippen molar-refractivity contribution in [3.8, 4) is 5.75 Å². The Morgan fingerprint density at radius 2 is 2.10 bits per heavy atom. The van der Waals surface area contributed by atoms with Gasteiger partial charge in [0.15, 0.2) is 17.4 Å². The van der Waals surface area contributed by atoms with Crippen LogP contribution in [0.4, 0.5) is 10.3 Å². The molecule has 1 aliphatic rings. The summed E-state index contributed by atoms with van der Waals surface area (Å²) in [5.41, 5.74) is 0.526. The molecule has 9 nitrogen and oxygen atoms in total. The summed E-state index contributed by atoms with van der Waals surface area (Å²) in [4.78, 5) is 20.8. The number of ether oxygens (including phenoxy) is 2. The van der Waals surface area contributed by atoms with Crippen molar-refractivity contribution in [3.05, 3.63) is 58.0 Å². The van der Waals surface area contributed by atoms with Gasteiger partial charge in [0, 0.05) is 37.3 Å². The van der Waals surface area contributed by atoms with Crippen LogP contribution in [-0.4, -0.2) is 59.2 Å². The Morgan fingerprint density at radius 1 is 1.27 bits per heavy atom. The Kier molecular flexibility index (Phi) is 5.96. The lowest BCUT2D eigenvalue weighted by Crippen LogP contribution is -2.38. The number of nitrogens with zero attached hydrogens (tertiary/aromatic N) is 4. The van der Waals surface area contributed by atoms with Gasteiger partial charge in [-0.25, -0.2) is 14.4 Å². The van der Waals surface area contributed by atoms with E-state index in [1.54, 1.807) is 12.1 Å². The lowest BCUT2D eigenvalue weighted by atomic mass is 10.2. The molecule has 1 aliphatic heterocycles. The molecular weight excluding hydrogens is 395 g/mol. The lowest BCUT2D eigenvalue weighted by molar-refractivity contribution is -0.402. The van der Waals surface area contributed by atoms with Crippen LogP contribution in [0.2, 0.25) is 0 Å². The highest BCUT2D eigenvalue weighted by molar-refractivity contribution is 5.80. The zero-order chi connectivity index (χ0) is 20.9. The van der Waals surface area contributed by atoms with Gasteiger partial charge in [-0.1, -0.05) is 0 Å². The average molecular weight is 414 g/mol. The fourth-order valence-corrected chi connectivity index (χ4v) is 3.03. The van der Waals surface area contributed by atoms with E-state index in [0.29, 0.717) is 48.9 Å². The second-order valence-electron chi connectivity index (χ2n) is 6.64. The van der Waals surface area contributed by atoms with Gasteiger partial charge in [0.25, 0.3) is 0 Å². The molecule has 2 aromatic heterocycles. The van der Waals surface area contributed by atoms with Gasteiger partial charge in [0.05, 0.1) is 24.8 Å². The second kappa shape index (κ2) is 8.97. The number of benzene rings is 1. The molecule has 10 heteroatoms. The Balaban J connectivity index is 1.46. The summed E-state index contributed by atoms with van der Waals surface area (Å²) < 4.78 is 30.3. The SMILES string of the molecule is O=[N+]([O-])c1ccc(C=Cc2ncc3cc(F)c(OCCN4CCOCC4)cc3n2)o1. The molecule has 0 aliphatic carbocycles. The number of hydrogen-bond donors (Lipinski definition) is 0. The van der Waals surface area contributed by atoms with Crippen LogP contribution in [-0.2, 0) is 4.74 Å². The molecule has 4 rings (SSSR count). The summed E-state index contributed by atoms with van der Waals surface area (Å²) >= 11 is 0. The van der Waals surface area contributed by atoms with E-state index in [0.717, 1.165) is 13.1 Å². The highest BCUT2D eigenvalue weighted by atomic mass is 19.1. The first-order valence-corrected chi connectivity index (χ1v) is 9.40. The molecule has 0 atom stereocenters. The monoisotopic (exact) mass is 414 g/mol. The Hall–Kier alpha value is -3.37. The fourth-order valence-electron chi connectivity index (χ4n) is 3.03. The molecule has 3 heterocycles. The minimum Gasteiger partial charge on any atom is -0.489 e. The lowest BCUT2D eigenvalue weighted by Gasteiger charge is -2.26. The molecule has 0 N–H and O–H groups in total. The molecule has 0 radical (unpaired) electrons. The van der Waals surface area contributed by atoms with Crippen LogP contribution < -0.4 is 4.74 Å². The van der Waals surface area contributed by atoms with E-state index in [1.807, 2.05) is 0 Å². The first-order valence-electron chi connectivity index (χ1n) is 9.40. The molecule has 0 unspecified atom stereocenters. The number of rotatable bonds is 7. The Bertz CT molecular complexity index is 1080. The third-order valence-electron chi connectivity index (χ3n) is 4.61. The molecule has 0 spiro atoms. The summed E-state index contributed by atoms with van der Waals surface area (Å²) in [6.45, 7) is 4.12. The summed E-state index contributed by atoms with van der Waals surface area (Å²) in [6.07, 6.45) is 4.59. The van der Waals surface area contributed by atoms with Crippen LogP contribution in [0.25, 0.3) is 23.1 Å². The number of hydrogen-bond acceptors (Lipinski definition) is 8. The van der Waals surface area contributed by atoms with Crippen molar-refractivity contribution in [2.45, 2.75) is 0 Å². The van der Waals surface area contributed by atoms with Crippen LogP contribution >= 0.6 is 0 Å². The molecule has 156 valence electrons. The van der Waals surface area contributed by atoms with E-state index in [-0.39, 0.29) is 11.6 Å². The summed E-state index contributed by atoms with van der Waals surface area (Å²) in [5.74, 6) is -0.0298. The summed E-state index contributed by atoms with van der Waals surface area (Å²) in [6, 6.07) is 5.62. The van der Waals surface area contributed by atoms with Crippen LogP contribution in [0, 0.1) is 15.9 Å². The average Bonchev–Trinajstić information content (AvgIpc) is 3.23. The number of furan rings is 1. The van der Waals surface area contributed by atoms with E-state index in [4.69, 9.17) is 13.9 Å². The van der Waals surface area contributed by atoms with Gasteiger partial charge < -0.3 is 13.9 Å². The van der Waals surface area contributed by atoms with E-state index in [1.165, 1.54) is 30.5 Å². The zero-order valence-electron chi connectivity index (χ0n) is 16.0. The molecule has 1 saturated heterocycles. The predicted octanol–water partition coefficient (Wildman–Crippen LogP) is 3.15. The first kappa shape index (κ1) is 19.9. The van der Waals surface area contributed by atoms with E-state index in [2.05, 4.69) is 14.9 Å². The molecule has 0 amide bonds. The van der Waals surface area contributed by atoms with Crippen molar-refractivity contribution < 1.29 is 23.2 Å². The van der Waals surface area contributed by atoms with Crippen molar-refractivity contribution >= 4 is 28.9 Å². The molecule has 0 saturated carbocycles. The maximum absolute atomic E-state index is 14.3. The quantitative estimate of drug-likeness (QED) is 0.429. The zero-order valence-corrected chi connectivity index (χ0v) is 16.0. The van der Waals surface area contributed by atoms with Crippen molar-refractivity contribution in [2.75, 3.05) is 39.5 Å². The van der Waals surface area contributed by atoms with Crippen LogP contribution in [0.3, 0.4) is 0 Å². The van der Waals surface area contributed by atoms with Crippen LogP contribution in [0.15, 0.2) is 34.9 Å². The van der Waals surface area contributed by atoms with E-state index in [9.17, 15) is 14.5 Å². The number of fused-ring (bicyclic) bond motifs is 1. The van der Waals surface area contributed by atoms with Crippen LogP contribution in [0.5, 0.6) is 5.75 Å². The van der Waals surface area contributed by atoms with Gasteiger partial charge in [-0.3, -0.25) is 15.0 Å². The third-order valence-corrected chi connectivity index (χ3v) is 4.61. The minimum absolute atomic E-state index is 0.131. The molecule has 1 fully saturated rings. The summed E-state index contributed by atoms with van der Waals surface area (Å²) in [5, 5.41) is 11.2. The molecule has 30 heavy (non-hydrogen) atoms. The third kappa shape index (κ3) is 4.78. The standard InChI is InChI=1S/C20H19FN4O5/c21-16-11-14-13-22-19(3-1-15-2-4-20(30-15)25(26)27)23-17(14)12-18(16)29-10-7-24-5-8-28-9-6-24/h1-4,11-13H,5-10H2. The predicted molar refractivity (Wildman–Crippen MR) is 107 cm³/mol. The van der Waals surface area contributed by atoms with Gasteiger partial charge in [0.2, 0.25) is 0 Å². The number of halogens is 1. The van der Waals surface area contributed by atoms with Crippen molar-refractivity contribution in [1.82, 2.24) is 14.9 Å². The van der Waals surface area contributed by atoms with Crippen LogP contribution in [0.1, 0.15) is 11.6 Å². The van der Waals surface area contributed by atoms with Crippen molar-refractivity contribution in [1.29, 1.82) is 0 Å². The fraction of sp³-hybridized carbons (Fsp3) is 0.300. The van der Waals surface area contributed by atoms with Crippen molar-refractivity contribution in [2.24, 2.45) is 0 Å². The maximum atomic E-state index is 14.3. The molecule has 1 aromatic carbocycles. The highest BCUT2D eigenvalue weighted by Gasteiger charge is 2.13. The molecule has 3 aromatic rings. The van der Waals surface area contributed by atoms with Gasteiger partial charge in [0.1, 0.15) is 17.3 Å². The van der Waals surface area contributed by atoms with Crippen molar-refractivity contribution in [3.63, 3.8) is 0 Å². The highest BCUT2D eigenvalue weighted by Crippen LogP contribution is 2.24. The largest absolute Gasteiger partial charge is 0.489 e. The molecular formula is C20H19FN4O5. The van der Waals surface area contributed by atoms with E-state index >= 15 is 0 Å². The first-order chi connectivity index (χ1) is 14.6. The topological polar surface area (TPSA) is 104 Å². The smallest absolute Gasteiger partial charge is 0.433 e. The maximum Gasteiger partial charge on any atom is 0.433 e. The Morgan fingerprint density at radius 3 is 2.87 bits per heavy atom. The minimum atomic E-state index is -0.612. The second-order valence-corrected chi connectivity index (χ2v) is 6.64. The van der Waals surface area contributed by atoms with Gasteiger partial charge in [-0.05, 0) is 24.3 Å². The van der Waals surface area contributed by atoms with Gasteiger partial charge in [-0.15, -0.1) is 0 Å². The van der Waals surface area contributed by atoms with Gasteiger partial charge in [-0.2, -0.15) is 0 Å². The normalized spacial score (nSPS) is 15.1. The van der Waals surface area contributed by atoms with E-state index < -0.39 is 10.7 Å². The number of aromatic nitrogens is 2. The van der Waals surface area contributed by atoms with Gasteiger partial charge >= 0.3 is 5.88 Å². The number of morpholine rings is 1. The summed E-state index contributed by atoms with van der Waals surface area (Å²) in [7, 11) is 0. The Labute approximate surface area is 170 Å².